The van der Waals surface area contributed by atoms with Gasteiger partial charge in [0.25, 0.3) is 0 Å². The average Bonchev–Trinajstić information content (AvgIpc) is 2.66. The van der Waals surface area contributed by atoms with Gasteiger partial charge in [0.05, 0.1) is 12.7 Å². The third-order valence-electron chi connectivity index (χ3n) is 4.99. The van der Waals surface area contributed by atoms with Crippen LogP contribution in [0.2, 0.25) is 0 Å². The van der Waals surface area contributed by atoms with Crippen molar-refractivity contribution in [2.24, 2.45) is 0 Å². The molecular formula is C22H27NO6S. The quantitative estimate of drug-likeness (QED) is 0.491. The topological polar surface area (TPSA) is 90.0 Å². The number of aryl methyl sites for hydroxylation is 2. The van der Waals surface area contributed by atoms with E-state index in [-0.39, 0.29) is 28.6 Å². The predicted octanol–water partition coefficient (Wildman–Crippen LogP) is 3.43. The molecule has 8 heteroatoms. The van der Waals surface area contributed by atoms with Gasteiger partial charge in [0.2, 0.25) is 10.0 Å². The van der Waals surface area contributed by atoms with Gasteiger partial charge < -0.3 is 9.47 Å². The Balaban J connectivity index is 2.37. The lowest BCUT2D eigenvalue weighted by Gasteiger charge is -2.17. The Morgan fingerprint density at radius 2 is 1.67 bits per heavy atom. The van der Waals surface area contributed by atoms with Gasteiger partial charge >= 0.3 is 5.97 Å². The summed E-state index contributed by atoms with van der Waals surface area (Å²) in [4.78, 5) is 24.5. The van der Waals surface area contributed by atoms with Crippen LogP contribution in [0.4, 0.5) is 0 Å². The van der Waals surface area contributed by atoms with Crippen molar-refractivity contribution in [2.75, 3.05) is 21.2 Å². The van der Waals surface area contributed by atoms with Crippen LogP contribution >= 0.6 is 0 Å². The zero-order valence-electron chi connectivity index (χ0n) is 18.3. The Labute approximate surface area is 177 Å². The SMILES string of the molecule is COc1ccc(C(=O)OCc2c(C)cc(C)c(C(C)=O)c2C)cc1S(=O)(=O)N(C)C. The first-order valence-corrected chi connectivity index (χ1v) is 10.7. The van der Waals surface area contributed by atoms with Gasteiger partial charge in [-0.3, -0.25) is 4.79 Å². The van der Waals surface area contributed by atoms with E-state index < -0.39 is 16.0 Å². The summed E-state index contributed by atoms with van der Waals surface area (Å²) in [5.41, 5.74) is 4.03. The minimum atomic E-state index is -3.81. The Morgan fingerprint density at radius 1 is 1.03 bits per heavy atom. The van der Waals surface area contributed by atoms with Crippen LogP contribution in [-0.4, -0.2) is 45.7 Å². The molecule has 7 nitrogen and oxygen atoms in total. The molecule has 0 amide bonds. The second kappa shape index (κ2) is 8.97. The summed E-state index contributed by atoms with van der Waals surface area (Å²) in [5, 5.41) is 0. The van der Waals surface area contributed by atoms with Crippen LogP contribution in [0.1, 0.15) is 49.9 Å². The number of carbonyl (C=O) groups is 2. The summed E-state index contributed by atoms with van der Waals surface area (Å²) >= 11 is 0. The summed E-state index contributed by atoms with van der Waals surface area (Å²) in [7, 11) is 0.342. The number of ether oxygens (including phenoxy) is 2. The Hall–Kier alpha value is -2.71. The van der Waals surface area contributed by atoms with E-state index in [1.54, 1.807) is 0 Å². The average molecular weight is 434 g/mol. The van der Waals surface area contributed by atoms with Crippen molar-refractivity contribution in [1.82, 2.24) is 4.31 Å². The molecule has 0 bridgehead atoms. The van der Waals surface area contributed by atoms with Crippen LogP contribution in [0.5, 0.6) is 5.75 Å². The van der Waals surface area contributed by atoms with E-state index >= 15 is 0 Å². The molecule has 0 aliphatic carbocycles. The Morgan fingerprint density at radius 3 is 2.20 bits per heavy atom. The van der Waals surface area contributed by atoms with Crippen LogP contribution in [-0.2, 0) is 21.4 Å². The minimum absolute atomic E-state index is 0.0289. The molecule has 2 aromatic rings. The normalized spacial score (nSPS) is 11.5. The molecule has 0 atom stereocenters. The summed E-state index contributed by atoms with van der Waals surface area (Å²) in [6.45, 7) is 7.07. The van der Waals surface area contributed by atoms with E-state index in [2.05, 4.69) is 0 Å². The largest absolute Gasteiger partial charge is 0.495 e. The van der Waals surface area contributed by atoms with Crippen molar-refractivity contribution in [1.29, 1.82) is 0 Å². The second-order valence-corrected chi connectivity index (χ2v) is 9.39. The number of Topliss-reactive ketones (excluding diaryl/α,β-unsaturated/α-hetero) is 1. The monoisotopic (exact) mass is 433 g/mol. The first kappa shape index (κ1) is 23.6. The fourth-order valence-electron chi connectivity index (χ4n) is 3.41. The first-order chi connectivity index (χ1) is 13.9. The van der Waals surface area contributed by atoms with Gasteiger partial charge in [-0.05, 0) is 68.1 Å². The van der Waals surface area contributed by atoms with Crippen LogP contribution in [0.15, 0.2) is 29.2 Å². The van der Waals surface area contributed by atoms with Crippen molar-refractivity contribution >= 4 is 21.8 Å². The number of hydrogen-bond acceptors (Lipinski definition) is 6. The molecule has 2 aromatic carbocycles. The molecule has 0 saturated heterocycles. The van der Waals surface area contributed by atoms with Gasteiger partial charge in [0.15, 0.2) is 5.78 Å². The number of sulfonamides is 1. The number of hydrogen-bond donors (Lipinski definition) is 0. The summed E-state index contributed by atoms with van der Waals surface area (Å²) in [5.74, 6) is -0.584. The molecule has 0 radical (unpaired) electrons. The molecule has 0 saturated carbocycles. The van der Waals surface area contributed by atoms with Crippen LogP contribution in [0.25, 0.3) is 0 Å². The number of ketones is 1. The molecule has 0 fully saturated rings. The highest BCUT2D eigenvalue weighted by Crippen LogP contribution is 2.28. The van der Waals surface area contributed by atoms with E-state index in [9.17, 15) is 18.0 Å². The highest BCUT2D eigenvalue weighted by atomic mass is 32.2. The van der Waals surface area contributed by atoms with Gasteiger partial charge in [0, 0.05) is 19.7 Å². The van der Waals surface area contributed by atoms with E-state index in [0.29, 0.717) is 5.56 Å². The van der Waals surface area contributed by atoms with Crippen LogP contribution in [0.3, 0.4) is 0 Å². The molecule has 0 spiro atoms. The number of rotatable bonds is 7. The third-order valence-corrected chi connectivity index (χ3v) is 6.82. The molecule has 0 N–H and O–H groups in total. The number of carbonyl (C=O) groups excluding carboxylic acids is 2. The first-order valence-electron chi connectivity index (χ1n) is 9.30. The van der Waals surface area contributed by atoms with Crippen molar-refractivity contribution in [3.63, 3.8) is 0 Å². The van der Waals surface area contributed by atoms with E-state index in [0.717, 1.165) is 26.6 Å². The fraction of sp³-hybridized carbons (Fsp3) is 0.364. The lowest BCUT2D eigenvalue weighted by molar-refractivity contribution is 0.0471. The standard InChI is InChI=1S/C22H27NO6S/c1-13-10-14(2)21(16(4)24)15(3)18(13)12-29-22(25)17-8-9-19(28-7)20(11-17)30(26,27)23(5)6/h8-11H,12H2,1-7H3. The van der Waals surface area contributed by atoms with Crippen molar-refractivity contribution < 1.29 is 27.5 Å². The molecule has 0 heterocycles. The number of esters is 1. The second-order valence-electron chi connectivity index (χ2n) is 7.27. The minimum Gasteiger partial charge on any atom is -0.495 e. The highest BCUT2D eigenvalue weighted by molar-refractivity contribution is 7.89. The lowest BCUT2D eigenvalue weighted by Crippen LogP contribution is -2.23. The smallest absolute Gasteiger partial charge is 0.338 e. The molecular weight excluding hydrogens is 406 g/mol. The predicted molar refractivity (Wildman–Crippen MR) is 114 cm³/mol. The Kier molecular flexibility index (Phi) is 7.05. The van der Waals surface area contributed by atoms with Gasteiger partial charge in [-0.2, -0.15) is 0 Å². The molecule has 30 heavy (non-hydrogen) atoms. The van der Waals surface area contributed by atoms with E-state index in [4.69, 9.17) is 9.47 Å². The highest BCUT2D eigenvalue weighted by Gasteiger charge is 2.24. The van der Waals surface area contributed by atoms with Crippen LogP contribution < -0.4 is 4.74 Å². The number of methoxy groups -OCH3 is 1. The number of nitrogens with zero attached hydrogens (tertiary/aromatic N) is 1. The maximum Gasteiger partial charge on any atom is 0.338 e. The fourth-order valence-corrected chi connectivity index (χ4v) is 4.49. The molecule has 162 valence electrons. The van der Waals surface area contributed by atoms with Gasteiger partial charge in [0.1, 0.15) is 17.3 Å². The maximum absolute atomic E-state index is 12.6. The molecule has 2 rings (SSSR count). The van der Waals surface area contributed by atoms with Crippen molar-refractivity contribution in [2.45, 2.75) is 39.2 Å². The van der Waals surface area contributed by atoms with Crippen molar-refractivity contribution in [3.8, 4) is 5.75 Å². The van der Waals surface area contributed by atoms with Crippen molar-refractivity contribution in [3.05, 3.63) is 57.6 Å². The Bertz CT molecular complexity index is 1100. The number of benzene rings is 2. The maximum atomic E-state index is 12.6. The molecule has 0 aliphatic rings. The van der Waals surface area contributed by atoms with E-state index in [1.807, 2.05) is 26.8 Å². The molecule has 0 unspecified atom stereocenters. The zero-order valence-corrected chi connectivity index (χ0v) is 19.1. The third kappa shape index (κ3) is 4.55. The zero-order chi connectivity index (χ0) is 22.8. The van der Waals surface area contributed by atoms with E-state index in [1.165, 1.54) is 46.3 Å². The van der Waals surface area contributed by atoms with Crippen LogP contribution in [0, 0.1) is 20.8 Å². The summed E-state index contributed by atoms with van der Waals surface area (Å²) < 4.78 is 36.7. The van der Waals surface area contributed by atoms with Gasteiger partial charge in [-0.15, -0.1) is 0 Å². The summed E-state index contributed by atoms with van der Waals surface area (Å²) in [6.07, 6.45) is 0. The lowest BCUT2D eigenvalue weighted by atomic mass is 9.92. The molecule has 0 aliphatic heterocycles. The van der Waals surface area contributed by atoms with Gasteiger partial charge in [-0.1, -0.05) is 6.07 Å². The molecule has 0 aromatic heterocycles. The summed E-state index contributed by atoms with van der Waals surface area (Å²) in [6, 6.07) is 6.00. The van der Waals surface area contributed by atoms with Gasteiger partial charge in [-0.25, -0.2) is 17.5 Å².